The van der Waals surface area contributed by atoms with Crippen LogP contribution in [0, 0.1) is 0 Å². The molecular formula is C13H12N4S. The van der Waals surface area contributed by atoms with E-state index in [1.807, 2.05) is 53.4 Å². The van der Waals surface area contributed by atoms with E-state index in [9.17, 15) is 0 Å². The van der Waals surface area contributed by atoms with Gasteiger partial charge in [0, 0.05) is 11.3 Å². The van der Waals surface area contributed by atoms with E-state index in [0.717, 1.165) is 27.6 Å². The molecule has 0 aliphatic heterocycles. The van der Waals surface area contributed by atoms with Crippen LogP contribution in [0.4, 0.5) is 5.69 Å². The van der Waals surface area contributed by atoms with E-state index < -0.39 is 0 Å². The molecule has 0 saturated heterocycles. The Morgan fingerprint density at radius 3 is 2.78 bits per heavy atom. The lowest BCUT2D eigenvalue weighted by Crippen LogP contribution is -1.99. The van der Waals surface area contributed by atoms with Crippen molar-refractivity contribution in [1.82, 2.24) is 14.6 Å². The number of fused-ring (bicyclic) bond motifs is 1. The number of nitrogens with two attached hydrogens (primary N) is 1. The van der Waals surface area contributed by atoms with Crippen LogP contribution < -0.4 is 5.73 Å². The molecule has 0 fully saturated rings. The maximum Gasteiger partial charge on any atom is 0.207 e. The van der Waals surface area contributed by atoms with Crippen molar-refractivity contribution in [2.45, 2.75) is 5.16 Å². The molecular weight excluding hydrogens is 244 g/mol. The number of rotatable bonds is 2. The highest BCUT2D eigenvalue weighted by molar-refractivity contribution is 7.98. The van der Waals surface area contributed by atoms with Gasteiger partial charge >= 0.3 is 0 Å². The first-order chi connectivity index (χ1) is 8.79. The van der Waals surface area contributed by atoms with Crippen molar-refractivity contribution >= 4 is 23.0 Å². The van der Waals surface area contributed by atoms with Gasteiger partial charge in [-0.25, -0.2) is 9.50 Å². The van der Waals surface area contributed by atoms with E-state index in [0.29, 0.717) is 0 Å². The molecule has 3 rings (SSSR count). The van der Waals surface area contributed by atoms with Gasteiger partial charge in [-0.2, -0.15) is 0 Å². The Kier molecular flexibility index (Phi) is 2.68. The number of benzene rings is 1. The van der Waals surface area contributed by atoms with Crippen LogP contribution in [0.25, 0.3) is 16.8 Å². The largest absolute Gasteiger partial charge is 0.398 e. The van der Waals surface area contributed by atoms with E-state index in [2.05, 4.69) is 10.1 Å². The van der Waals surface area contributed by atoms with Crippen molar-refractivity contribution in [1.29, 1.82) is 0 Å². The molecule has 0 saturated carbocycles. The number of para-hydroxylation sites is 1. The number of nitrogens with zero attached hydrogens (tertiary/aromatic N) is 3. The molecule has 4 nitrogen and oxygen atoms in total. The van der Waals surface area contributed by atoms with Gasteiger partial charge in [0.15, 0.2) is 0 Å². The average molecular weight is 256 g/mol. The molecule has 1 aromatic carbocycles. The summed E-state index contributed by atoms with van der Waals surface area (Å²) in [6.07, 6.45) is 3.78. The van der Waals surface area contributed by atoms with Crippen LogP contribution >= 0.6 is 11.8 Å². The first kappa shape index (κ1) is 11.1. The second-order valence-corrected chi connectivity index (χ2v) is 4.66. The fourth-order valence-electron chi connectivity index (χ4n) is 1.91. The van der Waals surface area contributed by atoms with Crippen LogP contribution in [0.2, 0.25) is 0 Å². The summed E-state index contributed by atoms with van der Waals surface area (Å²) in [6, 6.07) is 11.8. The molecule has 0 unspecified atom stereocenters. The number of hydrogen-bond donors (Lipinski definition) is 1. The summed E-state index contributed by atoms with van der Waals surface area (Å²) in [4.78, 5) is 4.25. The minimum atomic E-state index is 0.745. The fourth-order valence-corrected chi connectivity index (χ4v) is 2.24. The van der Waals surface area contributed by atoms with E-state index in [4.69, 9.17) is 5.73 Å². The Labute approximate surface area is 109 Å². The number of thioether (sulfide) groups is 1. The summed E-state index contributed by atoms with van der Waals surface area (Å²) in [5.74, 6) is 0. The molecule has 2 N–H and O–H groups in total. The summed E-state index contributed by atoms with van der Waals surface area (Å²) < 4.78 is 1.88. The molecule has 0 bridgehead atoms. The van der Waals surface area contributed by atoms with Crippen molar-refractivity contribution in [2.24, 2.45) is 0 Å². The zero-order valence-corrected chi connectivity index (χ0v) is 10.7. The molecule has 18 heavy (non-hydrogen) atoms. The molecule has 0 aliphatic rings. The second-order valence-electron chi connectivity index (χ2n) is 3.89. The highest BCUT2D eigenvalue weighted by Gasteiger charge is 2.09. The second kappa shape index (κ2) is 4.34. The molecule has 0 amide bonds. The van der Waals surface area contributed by atoms with Gasteiger partial charge in [-0.15, -0.1) is 5.10 Å². The number of nitrogen functional groups attached to an aromatic ring is 1. The normalized spacial score (nSPS) is 10.9. The monoisotopic (exact) mass is 256 g/mol. The maximum atomic E-state index is 6.01. The quantitative estimate of drug-likeness (QED) is 0.566. The average Bonchev–Trinajstić information content (AvgIpc) is 2.82. The highest BCUT2D eigenvalue weighted by Crippen LogP contribution is 2.27. The maximum absolute atomic E-state index is 6.01. The Morgan fingerprint density at radius 1 is 1.17 bits per heavy atom. The van der Waals surface area contributed by atoms with E-state index >= 15 is 0 Å². The van der Waals surface area contributed by atoms with Crippen LogP contribution in [0.3, 0.4) is 0 Å². The van der Waals surface area contributed by atoms with Crippen LogP contribution in [0.5, 0.6) is 0 Å². The predicted molar refractivity (Wildman–Crippen MR) is 74.6 cm³/mol. The van der Waals surface area contributed by atoms with Crippen molar-refractivity contribution < 1.29 is 0 Å². The van der Waals surface area contributed by atoms with Crippen molar-refractivity contribution in [3.8, 4) is 11.3 Å². The SMILES string of the molecule is CSc1ncc2ccc(-c3ccccc3N)n2n1. The molecule has 0 radical (unpaired) electrons. The van der Waals surface area contributed by atoms with Gasteiger partial charge in [-0.1, -0.05) is 30.0 Å². The highest BCUT2D eigenvalue weighted by atomic mass is 32.2. The van der Waals surface area contributed by atoms with E-state index in [1.54, 1.807) is 0 Å². The van der Waals surface area contributed by atoms with Gasteiger partial charge < -0.3 is 5.73 Å². The summed E-state index contributed by atoms with van der Waals surface area (Å²) in [6.45, 7) is 0. The summed E-state index contributed by atoms with van der Waals surface area (Å²) in [5, 5.41) is 5.23. The Bertz CT molecular complexity index is 705. The number of hydrogen-bond acceptors (Lipinski definition) is 4. The third-order valence-corrected chi connectivity index (χ3v) is 3.35. The Balaban J connectivity index is 2.26. The third-order valence-electron chi connectivity index (χ3n) is 2.80. The van der Waals surface area contributed by atoms with Crippen molar-refractivity contribution in [3.05, 3.63) is 42.6 Å². The van der Waals surface area contributed by atoms with Crippen molar-refractivity contribution in [2.75, 3.05) is 12.0 Å². The Hall–Kier alpha value is -2.01. The smallest absolute Gasteiger partial charge is 0.207 e. The molecule has 0 atom stereocenters. The predicted octanol–water partition coefficient (Wildman–Crippen LogP) is 2.70. The summed E-state index contributed by atoms with van der Waals surface area (Å²) in [7, 11) is 0. The van der Waals surface area contributed by atoms with Crippen LogP contribution in [0.15, 0.2) is 47.8 Å². The van der Waals surface area contributed by atoms with Gasteiger partial charge in [0.1, 0.15) is 0 Å². The zero-order valence-electron chi connectivity index (χ0n) is 9.87. The summed E-state index contributed by atoms with van der Waals surface area (Å²) >= 11 is 1.52. The topological polar surface area (TPSA) is 56.2 Å². The zero-order chi connectivity index (χ0) is 12.5. The molecule has 2 heterocycles. The minimum absolute atomic E-state index is 0.745. The Morgan fingerprint density at radius 2 is 2.00 bits per heavy atom. The number of aromatic nitrogens is 3. The van der Waals surface area contributed by atoms with Crippen LogP contribution in [0.1, 0.15) is 0 Å². The summed E-state index contributed by atoms with van der Waals surface area (Å²) in [5.41, 5.74) is 9.70. The van der Waals surface area contributed by atoms with Crippen LogP contribution in [-0.4, -0.2) is 20.9 Å². The standard InChI is InChI=1S/C13H12N4S/c1-18-13-15-8-9-6-7-12(17(9)16-13)10-4-2-3-5-11(10)14/h2-8H,14H2,1H3. The van der Waals surface area contributed by atoms with E-state index in [-0.39, 0.29) is 0 Å². The van der Waals surface area contributed by atoms with Gasteiger partial charge in [-0.05, 0) is 24.5 Å². The van der Waals surface area contributed by atoms with Crippen LogP contribution in [-0.2, 0) is 0 Å². The van der Waals surface area contributed by atoms with Gasteiger partial charge in [0.05, 0.1) is 17.4 Å². The van der Waals surface area contributed by atoms with Gasteiger partial charge in [-0.3, -0.25) is 0 Å². The van der Waals surface area contributed by atoms with Crippen molar-refractivity contribution in [3.63, 3.8) is 0 Å². The molecule has 0 spiro atoms. The lowest BCUT2D eigenvalue weighted by molar-refractivity contribution is 0.804. The fraction of sp³-hybridized carbons (Fsp3) is 0.0769. The van der Waals surface area contributed by atoms with E-state index in [1.165, 1.54) is 11.8 Å². The molecule has 90 valence electrons. The lowest BCUT2D eigenvalue weighted by atomic mass is 10.1. The molecule has 0 aliphatic carbocycles. The van der Waals surface area contributed by atoms with Gasteiger partial charge in [0.25, 0.3) is 0 Å². The lowest BCUT2D eigenvalue weighted by Gasteiger charge is -2.05. The molecule has 2 aromatic heterocycles. The minimum Gasteiger partial charge on any atom is -0.398 e. The first-order valence-corrected chi connectivity index (χ1v) is 6.76. The molecule has 5 heteroatoms. The third kappa shape index (κ3) is 1.73. The van der Waals surface area contributed by atoms with Gasteiger partial charge in [0.2, 0.25) is 5.16 Å². The first-order valence-electron chi connectivity index (χ1n) is 5.53. The number of anilines is 1. The molecule has 3 aromatic rings.